The highest BCUT2D eigenvalue weighted by Gasteiger charge is 2.08. The predicted octanol–water partition coefficient (Wildman–Crippen LogP) is 3.23. The van der Waals surface area contributed by atoms with Crippen molar-refractivity contribution >= 4 is 17.3 Å². The van der Waals surface area contributed by atoms with Gasteiger partial charge in [-0.05, 0) is 36.2 Å². The Morgan fingerprint density at radius 1 is 1.24 bits per heavy atom. The minimum atomic E-state index is -0.666. The van der Waals surface area contributed by atoms with Crippen LogP contribution in [0.25, 0.3) is 0 Å². The minimum absolute atomic E-state index is 0.122. The number of carbonyl (C=O) groups excluding carboxylic acids is 1. The van der Waals surface area contributed by atoms with Crippen molar-refractivity contribution in [3.8, 4) is 5.75 Å². The Balaban J connectivity index is 1.84. The van der Waals surface area contributed by atoms with Gasteiger partial charge >= 0.3 is 0 Å². The van der Waals surface area contributed by atoms with Crippen LogP contribution in [0, 0.1) is 0 Å². The lowest BCUT2D eigenvalue weighted by Crippen LogP contribution is -2.26. The molecule has 0 aliphatic carbocycles. The predicted molar refractivity (Wildman–Crippen MR) is 101 cm³/mol. The summed E-state index contributed by atoms with van der Waals surface area (Å²) in [5.41, 5.74) is 2.57. The maximum absolute atomic E-state index is 11.1. The first-order valence-electron chi connectivity index (χ1n) is 8.19. The number of hydrogen-bond acceptors (Lipinski definition) is 4. The van der Waals surface area contributed by atoms with Crippen molar-refractivity contribution in [1.82, 2.24) is 0 Å². The molecule has 0 bridgehead atoms. The third-order valence-electron chi connectivity index (χ3n) is 3.49. The fraction of sp³-hybridized carbons (Fsp3) is 0.250. The van der Waals surface area contributed by atoms with Gasteiger partial charge in [0.15, 0.2) is 0 Å². The maximum atomic E-state index is 11.1. The molecule has 0 saturated heterocycles. The number of ether oxygens (including phenoxy) is 1. The zero-order chi connectivity index (χ0) is 18.1. The summed E-state index contributed by atoms with van der Waals surface area (Å²) in [5.74, 6) is 0.637. The molecule has 1 unspecified atom stereocenters. The van der Waals surface area contributed by atoms with Gasteiger partial charge in [0.25, 0.3) is 0 Å². The van der Waals surface area contributed by atoms with E-state index in [2.05, 4.69) is 17.2 Å². The number of anilines is 2. The van der Waals surface area contributed by atoms with Crippen LogP contribution in [-0.4, -0.2) is 30.3 Å². The number of aliphatic hydroxyl groups excluding tert-OH is 1. The molecular weight excluding hydrogens is 316 g/mol. The van der Waals surface area contributed by atoms with Gasteiger partial charge in [0.1, 0.15) is 18.5 Å². The Labute approximate surface area is 148 Å². The van der Waals surface area contributed by atoms with E-state index in [1.54, 1.807) is 0 Å². The molecule has 5 nitrogen and oxygen atoms in total. The summed E-state index contributed by atoms with van der Waals surface area (Å²) in [6, 6.07) is 15.0. The number of aliphatic hydroxyl groups is 1. The Morgan fingerprint density at radius 3 is 2.76 bits per heavy atom. The molecule has 132 valence electrons. The fourth-order valence-corrected chi connectivity index (χ4v) is 2.36. The standard InChI is InChI=1S/C20H24N2O3/c1-3-7-16-8-4-5-11-20(16)25-14-19(24)13-21-17-9-6-10-18(12-17)22-15(2)23/h3-6,8-12,19,21,24H,1,7,13-14H2,2H3,(H,22,23). The third kappa shape index (κ3) is 6.31. The van der Waals surface area contributed by atoms with Crippen LogP contribution in [-0.2, 0) is 11.2 Å². The van der Waals surface area contributed by atoms with E-state index in [1.807, 2.05) is 54.6 Å². The van der Waals surface area contributed by atoms with Crippen molar-refractivity contribution in [3.05, 3.63) is 66.7 Å². The highest BCUT2D eigenvalue weighted by Crippen LogP contribution is 2.19. The van der Waals surface area contributed by atoms with E-state index in [4.69, 9.17) is 4.74 Å². The molecule has 1 amide bonds. The number of para-hydroxylation sites is 1. The number of rotatable bonds is 9. The lowest BCUT2D eigenvalue weighted by Gasteiger charge is -2.16. The first kappa shape index (κ1) is 18.5. The number of hydrogen-bond donors (Lipinski definition) is 3. The molecule has 2 aromatic carbocycles. The molecule has 0 saturated carbocycles. The normalized spacial score (nSPS) is 11.4. The van der Waals surface area contributed by atoms with E-state index in [9.17, 15) is 9.90 Å². The Morgan fingerprint density at radius 2 is 2.00 bits per heavy atom. The summed E-state index contributed by atoms with van der Waals surface area (Å²) in [6.45, 7) is 5.73. The minimum Gasteiger partial charge on any atom is -0.491 e. The van der Waals surface area contributed by atoms with Crippen LogP contribution in [0.2, 0.25) is 0 Å². The molecule has 25 heavy (non-hydrogen) atoms. The van der Waals surface area contributed by atoms with Gasteiger partial charge in [-0.2, -0.15) is 0 Å². The molecule has 0 spiro atoms. The molecule has 0 fully saturated rings. The molecule has 5 heteroatoms. The lowest BCUT2D eigenvalue weighted by atomic mass is 10.1. The van der Waals surface area contributed by atoms with Gasteiger partial charge in [0.05, 0.1) is 0 Å². The van der Waals surface area contributed by atoms with E-state index in [0.29, 0.717) is 12.2 Å². The zero-order valence-corrected chi connectivity index (χ0v) is 14.4. The third-order valence-corrected chi connectivity index (χ3v) is 3.49. The first-order chi connectivity index (χ1) is 12.1. The number of carbonyl (C=O) groups is 1. The molecule has 0 aliphatic heterocycles. The van der Waals surface area contributed by atoms with Gasteiger partial charge < -0.3 is 20.5 Å². The molecule has 0 radical (unpaired) electrons. The van der Waals surface area contributed by atoms with Crippen molar-refractivity contribution < 1.29 is 14.6 Å². The average Bonchev–Trinajstić information content (AvgIpc) is 2.59. The monoisotopic (exact) mass is 340 g/mol. The zero-order valence-electron chi connectivity index (χ0n) is 14.4. The van der Waals surface area contributed by atoms with Crippen molar-refractivity contribution in [2.75, 3.05) is 23.8 Å². The molecular formula is C20H24N2O3. The summed E-state index contributed by atoms with van der Waals surface area (Å²) in [4.78, 5) is 11.1. The molecule has 0 aromatic heterocycles. The van der Waals surface area contributed by atoms with E-state index in [-0.39, 0.29) is 12.5 Å². The summed E-state index contributed by atoms with van der Waals surface area (Å²) < 4.78 is 5.72. The van der Waals surface area contributed by atoms with Crippen molar-refractivity contribution in [2.45, 2.75) is 19.4 Å². The average molecular weight is 340 g/mol. The Kier molecular flexibility index (Phi) is 7.04. The molecule has 1 atom stereocenters. The van der Waals surface area contributed by atoms with E-state index in [1.165, 1.54) is 6.92 Å². The van der Waals surface area contributed by atoms with Gasteiger partial charge in [0.2, 0.25) is 5.91 Å². The SMILES string of the molecule is C=CCc1ccccc1OCC(O)CNc1cccc(NC(C)=O)c1. The smallest absolute Gasteiger partial charge is 0.221 e. The van der Waals surface area contributed by atoms with Crippen LogP contribution < -0.4 is 15.4 Å². The van der Waals surface area contributed by atoms with Crippen LogP contribution in [0.4, 0.5) is 11.4 Å². The van der Waals surface area contributed by atoms with Crippen LogP contribution in [0.1, 0.15) is 12.5 Å². The molecule has 3 N–H and O–H groups in total. The number of nitrogens with one attached hydrogen (secondary N) is 2. The lowest BCUT2D eigenvalue weighted by molar-refractivity contribution is -0.114. The Bertz CT molecular complexity index is 716. The molecule has 0 aliphatic rings. The van der Waals surface area contributed by atoms with E-state index in [0.717, 1.165) is 23.4 Å². The van der Waals surface area contributed by atoms with Crippen LogP contribution in [0.15, 0.2) is 61.2 Å². The Hall–Kier alpha value is -2.79. The quantitative estimate of drug-likeness (QED) is 0.613. The van der Waals surface area contributed by atoms with Gasteiger partial charge in [-0.1, -0.05) is 30.3 Å². The maximum Gasteiger partial charge on any atom is 0.221 e. The van der Waals surface area contributed by atoms with Crippen LogP contribution in [0.5, 0.6) is 5.75 Å². The fourth-order valence-electron chi connectivity index (χ4n) is 2.36. The van der Waals surface area contributed by atoms with Gasteiger partial charge in [-0.3, -0.25) is 4.79 Å². The molecule has 0 heterocycles. The van der Waals surface area contributed by atoms with Gasteiger partial charge in [-0.15, -0.1) is 6.58 Å². The molecule has 2 aromatic rings. The van der Waals surface area contributed by atoms with Crippen molar-refractivity contribution in [2.24, 2.45) is 0 Å². The largest absolute Gasteiger partial charge is 0.491 e. The summed E-state index contributed by atoms with van der Waals surface area (Å²) in [7, 11) is 0. The van der Waals surface area contributed by atoms with Gasteiger partial charge in [-0.25, -0.2) is 0 Å². The first-order valence-corrected chi connectivity index (χ1v) is 8.19. The molecule has 2 rings (SSSR count). The second-order valence-corrected chi connectivity index (χ2v) is 5.71. The van der Waals surface area contributed by atoms with Gasteiger partial charge in [0, 0.05) is 24.8 Å². The van der Waals surface area contributed by atoms with E-state index >= 15 is 0 Å². The summed E-state index contributed by atoms with van der Waals surface area (Å²) >= 11 is 0. The van der Waals surface area contributed by atoms with E-state index < -0.39 is 6.10 Å². The summed E-state index contributed by atoms with van der Waals surface area (Å²) in [6.07, 6.45) is 1.88. The highest BCUT2D eigenvalue weighted by molar-refractivity contribution is 5.89. The second kappa shape index (κ2) is 9.49. The number of benzene rings is 2. The highest BCUT2D eigenvalue weighted by atomic mass is 16.5. The number of allylic oxidation sites excluding steroid dienone is 1. The van der Waals surface area contributed by atoms with Crippen molar-refractivity contribution in [1.29, 1.82) is 0 Å². The number of amides is 1. The van der Waals surface area contributed by atoms with Crippen molar-refractivity contribution in [3.63, 3.8) is 0 Å². The second-order valence-electron chi connectivity index (χ2n) is 5.71. The topological polar surface area (TPSA) is 70.6 Å². The van der Waals surface area contributed by atoms with Crippen LogP contribution >= 0.6 is 0 Å². The summed E-state index contributed by atoms with van der Waals surface area (Å²) in [5, 5.41) is 16.0. The van der Waals surface area contributed by atoms with Crippen LogP contribution in [0.3, 0.4) is 0 Å².